The minimum atomic E-state index is -0.950. The maximum atomic E-state index is 13.1. The van der Waals surface area contributed by atoms with Crippen LogP contribution in [0, 0.1) is 11.3 Å². The number of amides is 4. The molecule has 2 aliphatic heterocycles. The molecule has 29 heavy (non-hydrogen) atoms. The lowest BCUT2D eigenvalue weighted by Crippen LogP contribution is -2.58. The molecule has 0 radical (unpaired) electrons. The van der Waals surface area contributed by atoms with Gasteiger partial charge in [0.25, 0.3) is 0 Å². The first-order chi connectivity index (χ1) is 13.5. The van der Waals surface area contributed by atoms with E-state index in [1.54, 1.807) is 20.8 Å². The average molecular weight is 408 g/mol. The number of hydrogen-bond acceptors (Lipinski definition) is 5. The van der Waals surface area contributed by atoms with E-state index in [0.29, 0.717) is 25.9 Å². The summed E-state index contributed by atoms with van der Waals surface area (Å²) >= 11 is 0. The van der Waals surface area contributed by atoms with Crippen LogP contribution in [0.2, 0.25) is 0 Å². The molecule has 1 spiro atoms. The van der Waals surface area contributed by atoms with E-state index in [0.717, 1.165) is 19.3 Å². The van der Waals surface area contributed by atoms with Crippen LogP contribution in [-0.2, 0) is 19.1 Å². The van der Waals surface area contributed by atoms with Crippen molar-refractivity contribution in [1.82, 2.24) is 15.5 Å². The summed E-state index contributed by atoms with van der Waals surface area (Å²) in [7, 11) is 0. The van der Waals surface area contributed by atoms with Crippen molar-refractivity contribution in [2.75, 3.05) is 13.1 Å². The summed E-state index contributed by atoms with van der Waals surface area (Å²) in [6.45, 7) is 6.34. The Morgan fingerprint density at radius 2 is 2.00 bits per heavy atom. The summed E-state index contributed by atoms with van der Waals surface area (Å²) in [6.07, 6.45) is 3.72. The number of rotatable bonds is 5. The van der Waals surface area contributed by atoms with E-state index in [4.69, 9.17) is 10.5 Å². The highest BCUT2D eigenvalue weighted by molar-refractivity contribution is 5.91. The van der Waals surface area contributed by atoms with Gasteiger partial charge in [-0.1, -0.05) is 0 Å². The SMILES string of the molecule is CC(C)(C)OC(=O)N1CCC2(CC2)C[C@H]1C(=O)N[C@@H](C[C@@H]1CCNC1=O)C(N)=O. The number of carbonyl (C=O) groups excluding carboxylic acids is 4. The molecule has 2 heterocycles. The Bertz CT molecular complexity index is 697. The Morgan fingerprint density at radius 3 is 2.52 bits per heavy atom. The molecule has 9 nitrogen and oxygen atoms in total. The minimum Gasteiger partial charge on any atom is -0.444 e. The van der Waals surface area contributed by atoms with Crippen LogP contribution in [0.4, 0.5) is 4.79 Å². The van der Waals surface area contributed by atoms with Gasteiger partial charge in [0.15, 0.2) is 0 Å². The summed E-state index contributed by atoms with van der Waals surface area (Å²) in [4.78, 5) is 51.0. The zero-order valence-electron chi connectivity index (χ0n) is 17.5. The zero-order valence-corrected chi connectivity index (χ0v) is 17.5. The molecule has 0 bridgehead atoms. The number of hydrogen-bond donors (Lipinski definition) is 3. The van der Waals surface area contributed by atoms with Crippen molar-refractivity contribution >= 4 is 23.8 Å². The monoisotopic (exact) mass is 408 g/mol. The molecule has 2 saturated heterocycles. The maximum Gasteiger partial charge on any atom is 0.410 e. The molecule has 3 fully saturated rings. The van der Waals surface area contributed by atoms with Gasteiger partial charge in [0.2, 0.25) is 17.7 Å². The summed E-state index contributed by atoms with van der Waals surface area (Å²) < 4.78 is 5.48. The van der Waals surface area contributed by atoms with Gasteiger partial charge in [0, 0.05) is 19.0 Å². The van der Waals surface area contributed by atoms with Crippen molar-refractivity contribution in [2.24, 2.45) is 17.1 Å². The molecule has 3 aliphatic rings. The third kappa shape index (κ3) is 5.19. The molecule has 0 aromatic heterocycles. The van der Waals surface area contributed by atoms with Crippen LogP contribution >= 0.6 is 0 Å². The van der Waals surface area contributed by atoms with E-state index < -0.39 is 35.6 Å². The lowest BCUT2D eigenvalue weighted by Gasteiger charge is -2.39. The molecule has 4 N–H and O–H groups in total. The second-order valence-electron chi connectivity index (χ2n) is 9.62. The maximum absolute atomic E-state index is 13.1. The van der Waals surface area contributed by atoms with Crippen molar-refractivity contribution in [1.29, 1.82) is 0 Å². The van der Waals surface area contributed by atoms with Gasteiger partial charge in [-0.15, -0.1) is 0 Å². The van der Waals surface area contributed by atoms with E-state index in [9.17, 15) is 19.2 Å². The van der Waals surface area contributed by atoms with Crippen LogP contribution in [0.3, 0.4) is 0 Å². The number of likely N-dealkylation sites (tertiary alicyclic amines) is 1. The van der Waals surface area contributed by atoms with Crippen LogP contribution < -0.4 is 16.4 Å². The molecule has 1 saturated carbocycles. The van der Waals surface area contributed by atoms with E-state index >= 15 is 0 Å². The molecule has 162 valence electrons. The van der Waals surface area contributed by atoms with Crippen LogP contribution in [0.5, 0.6) is 0 Å². The highest BCUT2D eigenvalue weighted by atomic mass is 16.6. The van der Waals surface area contributed by atoms with Crippen molar-refractivity contribution in [3.8, 4) is 0 Å². The Morgan fingerprint density at radius 1 is 1.31 bits per heavy atom. The third-order valence-electron chi connectivity index (χ3n) is 6.12. The number of carbonyl (C=O) groups is 4. The Labute approximate surface area is 171 Å². The van der Waals surface area contributed by atoms with Gasteiger partial charge in [0.1, 0.15) is 17.7 Å². The number of primary amides is 1. The molecule has 4 amide bonds. The van der Waals surface area contributed by atoms with Crippen molar-refractivity contribution < 1.29 is 23.9 Å². The van der Waals surface area contributed by atoms with Crippen molar-refractivity contribution in [3.05, 3.63) is 0 Å². The van der Waals surface area contributed by atoms with Gasteiger partial charge in [-0.25, -0.2) is 4.79 Å². The fourth-order valence-corrected chi connectivity index (χ4v) is 4.21. The van der Waals surface area contributed by atoms with Crippen LogP contribution in [0.1, 0.15) is 59.3 Å². The standard InChI is InChI=1S/C20H32N4O5/c1-19(2,3)29-18(28)24-9-7-20(5-6-20)11-14(24)17(27)23-13(15(21)25)10-12-4-8-22-16(12)26/h12-14H,4-11H2,1-3H3,(H2,21,25)(H,22,26)(H,23,27)/t12-,13-,14-/m0/s1. The first kappa shape index (κ1) is 21.4. The normalized spacial score (nSPS) is 26.6. The molecular weight excluding hydrogens is 376 g/mol. The first-order valence-corrected chi connectivity index (χ1v) is 10.4. The molecule has 0 aromatic carbocycles. The predicted molar refractivity (Wildman–Crippen MR) is 104 cm³/mol. The summed E-state index contributed by atoms with van der Waals surface area (Å²) in [5, 5.41) is 5.42. The van der Waals surface area contributed by atoms with E-state index in [2.05, 4.69) is 10.6 Å². The Balaban J connectivity index is 1.70. The topological polar surface area (TPSA) is 131 Å². The van der Waals surface area contributed by atoms with E-state index in [1.165, 1.54) is 4.90 Å². The van der Waals surface area contributed by atoms with Gasteiger partial charge in [0.05, 0.1) is 0 Å². The average Bonchev–Trinajstić information content (AvgIpc) is 3.23. The number of piperidine rings is 1. The molecule has 0 aromatic rings. The third-order valence-corrected chi connectivity index (χ3v) is 6.12. The smallest absolute Gasteiger partial charge is 0.410 e. The van der Waals surface area contributed by atoms with Gasteiger partial charge < -0.3 is 21.1 Å². The first-order valence-electron chi connectivity index (χ1n) is 10.4. The summed E-state index contributed by atoms with van der Waals surface area (Å²) in [6, 6.07) is -1.66. The summed E-state index contributed by atoms with van der Waals surface area (Å²) in [5.41, 5.74) is 4.93. The molecule has 3 rings (SSSR count). The van der Waals surface area contributed by atoms with Crippen LogP contribution in [0.25, 0.3) is 0 Å². The molecule has 3 atom stereocenters. The van der Waals surface area contributed by atoms with E-state index in [-0.39, 0.29) is 23.7 Å². The Kier molecular flexibility index (Phi) is 5.78. The highest BCUT2D eigenvalue weighted by Gasteiger charge is 2.52. The van der Waals surface area contributed by atoms with Gasteiger partial charge >= 0.3 is 6.09 Å². The zero-order chi connectivity index (χ0) is 21.4. The van der Waals surface area contributed by atoms with Crippen LogP contribution in [-0.4, -0.2) is 59.5 Å². The number of ether oxygens (including phenoxy) is 1. The van der Waals surface area contributed by atoms with Gasteiger partial charge in [-0.2, -0.15) is 0 Å². The molecular formula is C20H32N4O5. The molecule has 9 heteroatoms. The number of nitrogens with one attached hydrogen (secondary N) is 2. The Hall–Kier alpha value is -2.32. The lowest BCUT2D eigenvalue weighted by molar-refractivity contribution is -0.133. The fourth-order valence-electron chi connectivity index (χ4n) is 4.21. The predicted octanol–water partition coefficient (Wildman–Crippen LogP) is 0.662. The largest absolute Gasteiger partial charge is 0.444 e. The van der Waals surface area contributed by atoms with Gasteiger partial charge in [-0.3, -0.25) is 19.3 Å². The summed E-state index contributed by atoms with van der Waals surface area (Å²) in [5.74, 6) is -1.57. The molecule has 0 unspecified atom stereocenters. The number of nitrogens with two attached hydrogens (primary N) is 1. The van der Waals surface area contributed by atoms with Crippen molar-refractivity contribution in [2.45, 2.75) is 77.0 Å². The lowest BCUT2D eigenvalue weighted by atomic mass is 9.87. The van der Waals surface area contributed by atoms with Crippen LogP contribution in [0.15, 0.2) is 0 Å². The second-order valence-corrected chi connectivity index (χ2v) is 9.62. The number of nitrogens with zero attached hydrogens (tertiary/aromatic N) is 1. The fraction of sp³-hybridized carbons (Fsp3) is 0.800. The second kappa shape index (κ2) is 7.84. The quantitative estimate of drug-likeness (QED) is 0.615. The van der Waals surface area contributed by atoms with E-state index in [1.807, 2.05) is 0 Å². The van der Waals surface area contributed by atoms with Gasteiger partial charge in [-0.05, 0) is 64.7 Å². The van der Waals surface area contributed by atoms with Crippen molar-refractivity contribution in [3.63, 3.8) is 0 Å². The minimum absolute atomic E-state index is 0.105. The molecule has 1 aliphatic carbocycles. The highest BCUT2D eigenvalue weighted by Crippen LogP contribution is 2.55.